The minimum atomic E-state index is -3.91. The van der Waals surface area contributed by atoms with Gasteiger partial charge in [-0.1, -0.05) is 0 Å². The number of ether oxygens (including phenoxy) is 6. The number of carbonyl (C=O) groups is 1. The molecule has 0 aromatic heterocycles. The molecule has 0 radical (unpaired) electrons. The van der Waals surface area contributed by atoms with Crippen LogP contribution in [0, 0.1) is 11.8 Å². The second-order valence-electron chi connectivity index (χ2n) is 9.52. The Hall–Kier alpha value is -3.26. The van der Waals surface area contributed by atoms with E-state index < -0.39 is 40.0 Å². The molecule has 2 saturated heterocycles. The van der Waals surface area contributed by atoms with E-state index in [1.54, 1.807) is 24.3 Å². The summed E-state index contributed by atoms with van der Waals surface area (Å²) in [6.07, 6.45) is 0. The third-order valence-electron chi connectivity index (χ3n) is 7.63. The van der Waals surface area contributed by atoms with Gasteiger partial charge in [-0.15, -0.1) is 0 Å². The van der Waals surface area contributed by atoms with Crippen molar-refractivity contribution >= 4 is 16.2 Å². The lowest BCUT2D eigenvalue weighted by atomic mass is 9.65. The first-order valence-electron chi connectivity index (χ1n) is 12.2. The Balaban J connectivity index is 1.51. The zero-order chi connectivity index (χ0) is 26.6. The Morgan fingerprint density at radius 1 is 0.974 bits per heavy atom. The van der Waals surface area contributed by atoms with Crippen LogP contribution < -0.4 is 23.7 Å². The molecule has 13 heteroatoms. The first-order valence-corrected chi connectivity index (χ1v) is 13.7. The van der Waals surface area contributed by atoms with E-state index in [4.69, 9.17) is 28.4 Å². The SMILES string of the molecule is COc1cc([C@@H]2c3cc4c(cc3[C@@H](NS(=O)(=O)N3CCOCC3)[C@H]3COC(=O)[C@H]23)OCO4)cc(OC)c1O. The molecular weight excluding hydrogens is 520 g/mol. The highest BCUT2D eigenvalue weighted by Crippen LogP contribution is 2.55. The van der Waals surface area contributed by atoms with Crippen molar-refractivity contribution in [2.24, 2.45) is 11.8 Å². The first-order chi connectivity index (χ1) is 18.3. The van der Waals surface area contributed by atoms with Crippen molar-refractivity contribution in [1.29, 1.82) is 0 Å². The average Bonchev–Trinajstić information content (AvgIpc) is 3.54. The summed E-state index contributed by atoms with van der Waals surface area (Å²) in [6.45, 7) is 1.14. The van der Waals surface area contributed by atoms with Crippen LogP contribution >= 0.6 is 0 Å². The molecule has 1 aliphatic carbocycles. The Bertz CT molecular complexity index is 1350. The number of phenols is 1. The van der Waals surface area contributed by atoms with E-state index in [0.717, 1.165) is 0 Å². The number of fused-ring (bicyclic) bond motifs is 3. The van der Waals surface area contributed by atoms with Gasteiger partial charge >= 0.3 is 5.97 Å². The van der Waals surface area contributed by atoms with Gasteiger partial charge in [0, 0.05) is 24.9 Å². The summed E-state index contributed by atoms with van der Waals surface area (Å²) in [6, 6.07) is 6.09. The van der Waals surface area contributed by atoms with E-state index in [-0.39, 0.29) is 43.7 Å². The number of hydrogen-bond acceptors (Lipinski definition) is 10. The standard InChI is InChI=1S/C25H28N2O10S/c1-32-19-7-13(8-20(33-2)24(19)28)21-14-9-17-18(37-12-36-17)10-15(14)23(16-11-35-25(29)22(16)21)26-38(30,31)27-3-5-34-6-4-27/h7-10,16,21-23,26,28H,3-6,11-12H2,1-2H3/t16-,21+,22-,23+/m0/s1. The van der Waals surface area contributed by atoms with Crippen molar-refractivity contribution in [3.8, 4) is 28.7 Å². The van der Waals surface area contributed by atoms with Crippen LogP contribution in [0.2, 0.25) is 0 Å². The van der Waals surface area contributed by atoms with Crippen LogP contribution in [0.4, 0.5) is 0 Å². The molecule has 0 bridgehead atoms. The number of hydrogen-bond donors (Lipinski definition) is 2. The molecule has 0 spiro atoms. The number of benzene rings is 2. The zero-order valence-corrected chi connectivity index (χ0v) is 21.7. The molecule has 12 nitrogen and oxygen atoms in total. The van der Waals surface area contributed by atoms with E-state index in [2.05, 4.69) is 4.72 Å². The molecule has 6 rings (SSSR count). The molecule has 38 heavy (non-hydrogen) atoms. The van der Waals surface area contributed by atoms with Crippen LogP contribution in [0.1, 0.15) is 28.7 Å². The Labute approximate surface area is 219 Å². The van der Waals surface area contributed by atoms with Gasteiger partial charge in [-0.25, -0.2) is 0 Å². The van der Waals surface area contributed by atoms with Crippen LogP contribution in [0.3, 0.4) is 0 Å². The number of phenolic OH excluding ortho intramolecular Hbond substituents is 1. The quantitative estimate of drug-likeness (QED) is 0.507. The fourth-order valence-electron chi connectivity index (χ4n) is 5.83. The monoisotopic (exact) mass is 548 g/mol. The zero-order valence-electron chi connectivity index (χ0n) is 20.8. The molecule has 4 atom stereocenters. The van der Waals surface area contributed by atoms with Crippen molar-refractivity contribution in [3.05, 3.63) is 41.0 Å². The lowest BCUT2D eigenvalue weighted by Crippen LogP contribution is -2.50. The molecule has 3 heterocycles. The maximum Gasteiger partial charge on any atom is 0.310 e. The van der Waals surface area contributed by atoms with Crippen molar-refractivity contribution in [2.75, 3.05) is 53.9 Å². The fourth-order valence-corrected chi connectivity index (χ4v) is 7.23. The largest absolute Gasteiger partial charge is 0.502 e. The molecule has 204 valence electrons. The molecule has 2 aromatic carbocycles. The topological polar surface area (TPSA) is 142 Å². The van der Waals surface area contributed by atoms with Gasteiger partial charge < -0.3 is 33.5 Å². The number of aromatic hydroxyl groups is 1. The molecule has 0 unspecified atom stereocenters. The molecule has 2 aromatic rings. The lowest BCUT2D eigenvalue weighted by Gasteiger charge is -2.40. The Morgan fingerprint density at radius 3 is 2.24 bits per heavy atom. The van der Waals surface area contributed by atoms with E-state index in [0.29, 0.717) is 41.4 Å². The number of carbonyl (C=O) groups excluding carboxylic acids is 1. The highest BCUT2D eigenvalue weighted by molar-refractivity contribution is 7.87. The number of nitrogens with zero attached hydrogens (tertiary/aromatic N) is 1. The molecule has 4 aliphatic rings. The van der Waals surface area contributed by atoms with Gasteiger partial charge in [0.25, 0.3) is 10.2 Å². The second-order valence-corrected chi connectivity index (χ2v) is 11.2. The van der Waals surface area contributed by atoms with Crippen molar-refractivity contribution < 1.29 is 46.7 Å². The van der Waals surface area contributed by atoms with Crippen molar-refractivity contribution in [3.63, 3.8) is 0 Å². The number of morpholine rings is 1. The van der Waals surface area contributed by atoms with Crippen molar-refractivity contribution in [1.82, 2.24) is 9.03 Å². The van der Waals surface area contributed by atoms with E-state index in [1.165, 1.54) is 18.5 Å². The summed E-state index contributed by atoms with van der Waals surface area (Å²) in [7, 11) is -1.06. The number of rotatable bonds is 6. The Kier molecular flexibility index (Phi) is 6.25. The lowest BCUT2D eigenvalue weighted by molar-refractivity contribution is -0.141. The number of cyclic esters (lactones) is 1. The third-order valence-corrected chi connectivity index (χ3v) is 9.23. The summed E-state index contributed by atoms with van der Waals surface area (Å²) in [5, 5.41) is 10.5. The molecule has 0 amide bonds. The fraction of sp³-hybridized carbons (Fsp3) is 0.480. The van der Waals surface area contributed by atoms with E-state index in [1.807, 2.05) is 0 Å². The smallest absolute Gasteiger partial charge is 0.310 e. The number of methoxy groups -OCH3 is 2. The Morgan fingerprint density at radius 2 is 1.61 bits per heavy atom. The van der Waals surface area contributed by atoms with Crippen LogP contribution in [-0.4, -0.2) is 77.7 Å². The highest BCUT2D eigenvalue weighted by atomic mass is 32.2. The van der Waals surface area contributed by atoms with Gasteiger partial charge in [0.15, 0.2) is 23.0 Å². The summed E-state index contributed by atoms with van der Waals surface area (Å²) >= 11 is 0. The molecule has 2 N–H and O–H groups in total. The predicted octanol–water partition coefficient (Wildman–Crippen LogP) is 1.28. The summed E-state index contributed by atoms with van der Waals surface area (Å²) in [4.78, 5) is 13.2. The van der Waals surface area contributed by atoms with Crippen LogP contribution in [0.5, 0.6) is 28.7 Å². The minimum absolute atomic E-state index is 0.0306. The van der Waals surface area contributed by atoms with Gasteiger partial charge in [-0.2, -0.15) is 17.4 Å². The first kappa shape index (κ1) is 25.0. The average molecular weight is 549 g/mol. The van der Waals surface area contributed by atoms with Gasteiger partial charge in [-0.05, 0) is 41.0 Å². The van der Waals surface area contributed by atoms with Gasteiger partial charge in [0.1, 0.15) is 0 Å². The summed E-state index contributed by atoms with van der Waals surface area (Å²) < 4.78 is 63.9. The maximum absolute atomic E-state index is 13.4. The summed E-state index contributed by atoms with van der Waals surface area (Å²) in [5.41, 5.74) is 1.97. The van der Waals surface area contributed by atoms with Gasteiger partial charge in [-0.3, -0.25) is 4.79 Å². The predicted molar refractivity (Wildman–Crippen MR) is 131 cm³/mol. The molecule has 0 saturated carbocycles. The molecule has 3 aliphatic heterocycles. The van der Waals surface area contributed by atoms with E-state index in [9.17, 15) is 18.3 Å². The normalized spacial score (nSPS) is 26.4. The molecule has 2 fully saturated rings. The summed E-state index contributed by atoms with van der Waals surface area (Å²) in [5.74, 6) is -1.06. The minimum Gasteiger partial charge on any atom is -0.502 e. The van der Waals surface area contributed by atoms with Gasteiger partial charge in [0.05, 0.1) is 46.0 Å². The second kappa shape index (κ2) is 9.49. The van der Waals surface area contributed by atoms with Gasteiger partial charge in [0.2, 0.25) is 12.5 Å². The number of esters is 1. The highest BCUT2D eigenvalue weighted by Gasteiger charge is 2.53. The van der Waals surface area contributed by atoms with E-state index >= 15 is 0 Å². The maximum atomic E-state index is 13.4. The third kappa shape index (κ3) is 4.01. The van der Waals surface area contributed by atoms with Crippen LogP contribution in [-0.2, 0) is 24.5 Å². The van der Waals surface area contributed by atoms with Crippen LogP contribution in [0.15, 0.2) is 24.3 Å². The van der Waals surface area contributed by atoms with Crippen LogP contribution in [0.25, 0.3) is 0 Å². The van der Waals surface area contributed by atoms with Crippen molar-refractivity contribution in [2.45, 2.75) is 12.0 Å². The number of nitrogens with one attached hydrogen (secondary N) is 1. The molecular formula is C25H28N2O10S.